The van der Waals surface area contributed by atoms with E-state index in [4.69, 9.17) is 9.79 Å². The largest absolute Gasteiger partial charge is 0.469 e. The van der Waals surface area contributed by atoms with E-state index in [2.05, 4.69) is 36.1 Å². The van der Waals surface area contributed by atoms with E-state index < -0.39 is 7.82 Å². The highest BCUT2D eigenvalue weighted by atomic mass is 31.2. The molecule has 0 radical (unpaired) electrons. The van der Waals surface area contributed by atoms with Gasteiger partial charge in [0.2, 0.25) is 0 Å². The molecule has 0 aliphatic heterocycles. The van der Waals surface area contributed by atoms with E-state index in [1.54, 1.807) is 0 Å². The fraction of sp³-hybridized carbons (Fsp3) is 0.778. The summed E-state index contributed by atoms with van der Waals surface area (Å²) in [4.78, 5) is 17.0. The first-order chi connectivity index (χ1) is 11.9. The molecule has 7 heteroatoms. The summed E-state index contributed by atoms with van der Waals surface area (Å²) in [5, 5.41) is 0. The van der Waals surface area contributed by atoms with Crippen molar-refractivity contribution < 1.29 is 18.9 Å². The van der Waals surface area contributed by atoms with Crippen LogP contribution in [0.3, 0.4) is 0 Å². The van der Waals surface area contributed by atoms with E-state index in [-0.39, 0.29) is 6.61 Å². The second-order valence-corrected chi connectivity index (χ2v) is 6.92. The summed E-state index contributed by atoms with van der Waals surface area (Å²) in [7, 11) is -4.25. The average Bonchev–Trinajstić information content (AvgIpc) is 2.52. The third-order valence-corrected chi connectivity index (χ3v) is 3.78. The van der Waals surface area contributed by atoms with Crippen LogP contribution in [0.15, 0.2) is 25.6 Å². The van der Waals surface area contributed by atoms with Crippen molar-refractivity contribution in [3.8, 4) is 0 Å². The maximum absolute atomic E-state index is 10.4. The van der Waals surface area contributed by atoms with Gasteiger partial charge in [-0.15, -0.1) is 0 Å². The molecule has 0 heterocycles. The Morgan fingerprint density at radius 3 is 1.36 bits per heavy atom. The van der Waals surface area contributed by atoms with Crippen LogP contribution in [0.4, 0.5) is 0 Å². The maximum atomic E-state index is 10.4. The molecule has 0 spiro atoms. The summed E-state index contributed by atoms with van der Waals surface area (Å²) in [6.07, 6.45) is 17.4. The smallest absolute Gasteiger partial charge is 0.405 e. The minimum Gasteiger partial charge on any atom is -0.405 e. The van der Waals surface area contributed by atoms with Crippen LogP contribution in [0.25, 0.3) is 0 Å². The number of hydrogen-bond donors (Lipinski definition) is 4. The number of hydrogen-bond acceptors (Lipinski definition) is 4. The van der Waals surface area contributed by atoms with Crippen molar-refractivity contribution in [3.05, 3.63) is 25.6 Å². The normalized spacial score (nSPS) is 10.0. The van der Waals surface area contributed by atoms with Crippen LogP contribution in [-0.2, 0) is 9.09 Å². The van der Waals surface area contributed by atoms with Crippen LogP contribution < -0.4 is 11.5 Å². The number of nitrogens with two attached hydrogens (primary N) is 2. The van der Waals surface area contributed by atoms with E-state index in [0.29, 0.717) is 0 Å². The third-order valence-electron chi connectivity index (χ3n) is 3.26. The fourth-order valence-corrected chi connectivity index (χ4v) is 2.49. The summed E-state index contributed by atoms with van der Waals surface area (Å²) in [6, 6.07) is 0. The molecular formula is C18H41N2O4P. The van der Waals surface area contributed by atoms with Crippen LogP contribution in [0.2, 0.25) is 0 Å². The first-order valence-corrected chi connectivity index (χ1v) is 10.8. The Hall–Kier alpha value is -0.810. The molecule has 0 unspecified atom stereocenters. The van der Waals surface area contributed by atoms with Gasteiger partial charge in [0.1, 0.15) is 0 Å². The van der Waals surface area contributed by atoms with Crippen molar-refractivity contribution in [2.75, 3.05) is 6.61 Å². The second-order valence-electron chi connectivity index (χ2n) is 5.68. The highest BCUT2D eigenvalue weighted by molar-refractivity contribution is 7.46. The Morgan fingerprint density at radius 1 is 0.800 bits per heavy atom. The maximum Gasteiger partial charge on any atom is 0.469 e. The molecule has 0 amide bonds. The van der Waals surface area contributed by atoms with Gasteiger partial charge in [-0.05, 0) is 18.8 Å². The van der Waals surface area contributed by atoms with Crippen LogP contribution in [0.5, 0.6) is 0 Å². The molecular weight excluding hydrogens is 339 g/mol. The quantitative estimate of drug-likeness (QED) is 0.249. The zero-order valence-corrected chi connectivity index (χ0v) is 17.0. The van der Waals surface area contributed by atoms with E-state index in [1.165, 1.54) is 70.2 Å². The Balaban J connectivity index is -0.000000700. The van der Waals surface area contributed by atoms with Crippen molar-refractivity contribution in [3.63, 3.8) is 0 Å². The van der Waals surface area contributed by atoms with E-state index in [0.717, 1.165) is 19.3 Å². The lowest BCUT2D eigenvalue weighted by molar-refractivity contribution is 0.193. The molecule has 0 aliphatic rings. The lowest BCUT2D eigenvalue weighted by Gasteiger charge is -2.05. The van der Waals surface area contributed by atoms with E-state index in [1.807, 2.05) is 0 Å². The molecule has 152 valence electrons. The molecule has 25 heavy (non-hydrogen) atoms. The fourth-order valence-electron chi connectivity index (χ4n) is 2.13. The molecule has 0 aromatic rings. The lowest BCUT2D eigenvalue weighted by Crippen LogP contribution is -1.92. The molecule has 0 aliphatic carbocycles. The first-order valence-electron chi connectivity index (χ1n) is 9.24. The summed E-state index contributed by atoms with van der Waals surface area (Å²) < 4.78 is 14.8. The zero-order chi connectivity index (χ0) is 19.8. The Bertz CT molecular complexity index is 303. The van der Waals surface area contributed by atoms with E-state index in [9.17, 15) is 4.57 Å². The third kappa shape index (κ3) is 45.1. The van der Waals surface area contributed by atoms with Gasteiger partial charge in [0, 0.05) is 0 Å². The highest BCUT2D eigenvalue weighted by Gasteiger charge is 2.12. The van der Waals surface area contributed by atoms with Gasteiger partial charge in [-0.1, -0.05) is 90.7 Å². The van der Waals surface area contributed by atoms with Gasteiger partial charge in [-0.3, -0.25) is 4.52 Å². The standard InChI is InChI=1S/C14H31O4P.2C2H5N/c1-2-3-4-5-6-7-8-9-10-11-12-13-14-18-19(15,16)17;2*1-2-3/h2-14H2,1H3,(H2,15,16,17);2*2H,1,3H2. The van der Waals surface area contributed by atoms with Gasteiger partial charge in [-0.2, -0.15) is 0 Å². The molecule has 0 rings (SSSR count). The van der Waals surface area contributed by atoms with Gasteiger partial charge >= 0.3 is 7.82 Å². The summed E-state index contributed by atoms with van der Waals surface area (Å²) in [6.45, 7) is 8.69. The minimum atomic E-state index is -4.25. The molecule has 0 fully saturated rings. The second kappa shape index (κ2) is 25.4. The van der Waals surface area contributed by atoms with Crippen molar-refractivity contribution in [2.45, 2.75) is 84.0 Å². The highest BCUT2D eigenvalue weighted by Crippen LogP contribution is 2.35. The van der Waals surface area contributed by atoms with Crippen molar-refractivity contribution in [1.29, 1.82) is 0 Å². The number of unbranched alkanes of at least 4 members (excludes halogenated alkanes) is 11. The zero-order valence-electron chi connectivity index (χ0n) is 16.1. The van der Waals surface area contributed by atoms with Gasteiger partial charge in [0.05, 0.1) is 6.61 Å². The molecule has 0 bridgehead atoms. The molecule has 0 aromatic carbocycles. The molecule has 0 atom stereocenters. The minimum absolute atomic E-state index is 0.168. The van der Waals surface area contributed by atoms with Gasteiger partial charge in [-0.25, -0.2) is 4.57 Å². The first kappa shape index (κ1) is 29.0. The number of phosphoric acid groups is 1. The van der Waals surface area contributed by atoms with Crippen LogP contribution in [0.1, 0.15) is 84.0 Å². The van der Waals surface area contributed by atoms with Crippen LogP contribution in [-0.4, -0.2) is 16.4 Å². The summed E-state index contributed by atoms with van der Waals surface area (Å²) in [5.41, 5.74) is 9.22. The van der Waals surface area contributed by atoms with Crippen LogP contribution >= 0.6 is 7.82 Å². The van der Waals surface area contributed by atoms with Crippen molar-refractivity contribution in [2.24, 2.45) is 11.5 Å². The molecule has 0 saturated heterocycles. The average molecular weight is 381 g/mol. The monoisotopic (exact) mass is 380 g/mol. The Morgan fingerprint density at radius 2 is 1.08 bits per heavy atom. The Kier molecular flexibility index (Phi) is 29.5. The molecule has 0 aromatic heterocycles. The van der Waals surface area contributed by atoms with E-state index >= 15 is 0 Å². The molecule has 6 N–H and O–H groups in total. The lowest BCUT2D eigenvalue weighted by atomic mass is 10.1. The topological polar surface area (TPSA) is 119 Å². The SMILES string of the molecule is C=CN.C=CN.CCCCCCCCCCCCCCOP(=O)(O)O. The Labute approximate surface area is 155 Å². The predicted molar refractivity (Wildman–Crippen MR) is 108 cm³/mol. The molecule has 0 saturated carbocycles. The van der Waals surface area contributed by atoms with Gasteiger partial charge in [0.25, 0.3) is 0 Å². The predicted octanol–water partition coefficient (Wildman–Crippen LogP) is 4.97. The summed E-state index contributed by atoms with van der Waals surface area (Å²) in [5.74, 6) is 0. The number of rotatable bonds is 14. The van der Waals surface area contributed by atoms with Crippen molar-refractivity contribution >= 4 is 7.82 Å². The number of phosphoric ester groups is 1. The summed E-state index contributed by atoms with van der Waals surface area (Å²) >= 11 is 0. The van der Waals surface area contributed by atoms with Gasteiger partial charge < -0.3 is 21.3 Å². The molecule has 6 nitrogen and oxygen atoms in total. The van der Waals surface area contributed by atoms with Crippen molar-refractivity contribution in [1.82, 2.24) is 0 Å². The van der Waals surface area contributed by atoms with Crippen LogP contribution in [0, 0.1) is 0 Å². The van der Waals surface area contributed by atoms with Gasteiger partial charge in [0.15, 0.2) is 0 Å².